The van der Waals surface area contributed by atoms with Gasteiger partial charge in [0, 0.05) is 27.6 Å². The van der Waals surface area contributed by atoms with Gasteiger partial charge in [-0.05, 0) is 54.8 Å². The van der Waals surface area contributed by atoms with E-state index >= 15 is 0 Å². The molecule has 5 heteroatoms. The van der Waals surface area contributed by atoms with E-state index in [1.54, 1.807) is 7.11 Å². The van der Waals surface area contributed by atoms with Crippen molar-refractivity contribution in [2.75, 3.05) is 7.11 Å². The lowest BCUT2D eigenvalue weighted by atomic mass is 10.0. The Kier molecular flexibility index (Phi) is 4.87. The van der Waals surface area contributed by atoms with Crippen molar-refractivity contribution in [1.29, 1.82) is 0 Å². The molecule has 0 bridgehead atoms. The summed E-state index contributed by atoms with van der Waals surface area (Å²) in [5, 5.41) is 7.72. The maximum atomic E-state index is 6.46. The van der Waals surface area contributed by atoms with Crippen molar-refractivity contribution in [1.82, 2.24) is 14.8 Å². The minimum atomic E-state index is 0.714. The summed E-state index contributed by atoms with van der Waals surface area (Å²) in [6, 6.07) is 20.5. The number of nitrogens with zero attached hydrogens (tertiary/aromatic N) is 3. The van der Waals surface area contributed by atoms with E-state index < -0.39 is 0 Å². The molecule has 0 saturated heterocycles. The molecule has 5 rings (SSSR count). The Morgan fingerprint density at radius 3 is 2.48 bits per heavy atom. The monoisotopic (exact) mass is 427 g/mol. The third kappa shape index (κ3) is 3.33. The van der Waals surface area contributed by atoms with Crippen molar-refractivity contribution >= 4 is 33.4 Å². The summed E-state index contributed by atoms with van der Waals surface area (Å²) >= 11 is 6.46. The van der Waals surface area contributed by atoms with Gasteiger partial charge in [-0.3, -0.25) is 4.98 Å². The van der Waals surface area contributed by atoms with Gasteiger partial charge >= 0.3 is 0 Å². The molecular formula is C26H22ClN3O. The first-order valence-corrected chi connectivity index (χ1v) is 10.7. The number of benzene rings is 3. The SMILES string of the molecule is CCc1ccc(-c2nn(-c3ccc(C)c(Cl)c3)c3c2cnc2ccc(OC)cc23)cc1. The fourth-order valence-electron chi connectivity index (χ4n) is 3.90. The summed E-state index contributed by atoms with van der Waals surface area (Å²) < 4.78 is 7.46. The zero-order valence-corrected chi connectivity index (χ0v) is 18.4. The molecule has 31 heavy (non-hydrogen) atoms. The number of hydrogen-bond acceptors (Lipinski definition) is 3. The molecule has 0 N–H and O–H groups in total. The summed E-state index contributed by atoms with van der Waals surface area (Å²) in [5.74, 6) is 0.783. The summed E-state index contributed by atoms with van der Waals surface area (Å²) in [4.78, 5) is 4.71. The van der Waals surface area contributed by atoms with Crippen molar-refractivity contribution in [3.63, 3.8) is 0 Å². The van der Waals surface area contributed by atoms with Gasteiger partial charge in [-0.25, -0.2) is 4.68 Å². The van der Waals surface area contributed by atoms with E-state index in [0.717, 1.165) is 56.5 Å². The molecule has 0 saturated carbocycles. The number of hydrogen-bond donors (Lipinski definition) is 0. The zero-order valence-electron chi connectivity index (χ0n) is 17.7. The number of pyridine rings is 1. The first-order chi connectivity index (χ1) is 15.1. The Bertz CT molecular complexity index is 1420. The van der Waals surface area contributed by atoms with Gasteiger partial charge in [0.25, 0.3) is 0 Å². The predicted molar refractivity (Wildman–Crippen MR) is 127 cm³/mol. The van der Waals surface area contributed by atoms with Crippen LogP contribution in [0.3, 0.4) is 0 Å². The molecule has 0 aliphatic rings. The van der Waals surface area contributed by atoms with Gasteiger partial charge in [-0.15, -0.1) is 0 Å². The fraction of sp³-hybridized carbons (Fsp3) is 0.154. The number of ether oxygens (including phenoxy) is 1. The summed E-state index contributed by atoms with van der Waals surface area (Å²) in [6.45, 7) is 4.15. The Hall–Kier alpha value is -3.37. The Morgan fingerprint density at radius 1 is 0.968 bits per heavy atom. The molecule has 2 aromatic heterocycles. The topological polar surface area (TPSA) is 39.9 Å². The second-order valence-electron chi connectivity index (χ2n) is 7.65. The van der Waals surface area contributed by atoms with E-state index in [4.69, 9.17) is 26.4 Å². The molecule has 0 spiro atoms. The Labute approximate surface area is 186 Å². The van der Waals surface area contributed by atoms with Crippen LogP contribution in [0.4, 0.5) is 0 Å². The molecule has 0 aliphatic carbocycles. The summed E-state index contributed by atoms with van der Waals surface area (Å²) in [5.41, 5.74) is 7.07. The molecule has 0 unspecified atom stereocenters. The fourth-order valence-corrected chi connectivity index (χ4v) is 4.08. The minimum absolute atomic E-state index is 0.714. The number of methoxy groups -OCH3 is 1. The molecule has 2 heterocycles. The van der Waals surface area contributed by atoms with E-state index in [1.165, 1.54) is 5.56 Å². The van der Waals surface area contributed by atoms with Gasteiger partial charge in [0.2, 0.25) is 0 Å². The van der Waals surface area contributed by atoms with Gasteiger partial charge < -0.3 is 4.74 Å². The van der Waals surface area contributed by atoms with Crippen LogP contribution in [-0.4, -0.2) is 21.9 Å². The van der Waals surface area contributed by atoms with Crippen LogP contribution in [0.5, 0.6) is 5.75 Å². The van der Waals surface area contributed by atoms with Gasteiger partial charge in [-0.1, -0.05) is 48.9 Å². The third-order valence-corrected chi connectivity index (χ3v) is 6.16. The highest BCUT2D eigenvalue weighted by atomic mass is 35.5. The lowest BCUT2D eigenvalue weighted by Gasteiger charge is -2.08. The largest absolute Gasteiger partial charge is 0.497 e. The Morgan fingerprint density at radius 2 is 1.77 bits per heavy atom. The lowest BCUT2D eigenvalue weighted by Crippen LogP contribution is -1.98. The van der Waals surface area contributed by atoms with Crippen LogP contribution < -0.4 is 4.74 Å². The van der Waals surface area contributed by atoms with Crippen LogP contribution in [0, 0.1) is 6.92 Å². The quantitative estimate of drug-likeness (QED) is 0.317. The van der Waals surface area contributed by atoms with E-state index in [-0.39, 0.29) is 0 Å². The minimum Gasteiger partial charge on any atom is -0.497 e. The van der Waals surface area contributed by atoms with E-state index in [1.807, 2.05) is 54.2 Å². The summed E-state index contributed by atoms with van der Waals surface area (Å²) in [6.07, 6.45) is 2.91. The van der Waals surface area contributed by atoms with E-state index in [0.29, 0.717) is 5.02 Å². The van der Waals surface area contributed by atoms with Crippen molar-refractivity contribution in [3.8, 4) is 22.7 Å². The van der Waals surface area contributed by atoms with Gasteiger partial charge in [-0.2, -0.15) is 5.10 Å². The molecule has 5 aromatic rings. The first-order valence-electron chi connectivity index (χ1n) is 10.3. The molecule has 0 amide bonds. The second kappa shape index (κ2) is 7.71. The van der Waals surface area contributed by atoms with E-state index in [9.17, 15) is 0 Å². The van der Waals surface area contributed by atoms with Crippen LogP contribution in [0.1, 0.15) is 18.1 Å². The molecule has 154 valence electrons. The molecule has 0 radical (unpaired) electrons. The summed E-state index contributed by atoms with van der Waals surface area (Å²) in [7, 11) is 1.67. The Balaban J connectivity index is 1.86. The normalized spacial score (nSPS) is 11.4. The van der Waals surface area contributed by atoms with Crippen molar-refractivity contribution in [2.24, 2.45) is 0 Å². The van der Waals surface area contributed by atoms with Crippen molar-refractivity contribution in [2.45, 2.75) is 20.3 Å². The molecule has 0 atom stereocenters. The molecule has 0 aliphatic heterocycles. The van der Waals surface area contributed by atoms with Crippen LogP contribution in [0.15, 0.2) is 66.9 Å². The van der Waals surface area contributed by atoms with Crippen LogP contribution in [0.25, 0.3) is 38.8 Å². The first kappa shape index (κ1) is 19.6. The highest BCUT2D eigenvalue weighted by Crippen LogP contribution is 2.35. The van der Waals surface area contributed by atoms with Gasteiger partial charge in [0.1, 0.15) is 11.4 Å². The van der Waals surface area contributed by atoms with E-state index in [2.05, 4.69) is 31.2 Å². The zero-order chi connectivity index (χ0) is 21.5. The smallest absolute Gasteiger partial charge is 0.119 e. The number of aryl methyl sites for hydroxylation is 2. The van der Waals surface area contributed by atoms with Crippen LogP contribution in [0.2, 0.25) is 5.02 Å². The highest BCUT2D eigenvalue weighted by molar-refractivity contribution is 6.31. The molecule has 4 nitrogen and oxygen atoms in total. The van der Waals surface area contributed by atoms with Gasteiger partial charge in [0.05, 0.1) is 23.8 Å². The predicted octanol–water partition coefficient (Wildman–Crippen LogP) is 6.77. The maximum absolute atomic E-state index is 6.46. The van der Waals surface area contributed by atoms with Crippen LogP contribution >= 0.6 is 11.6 Å². The standard InChI is InChI=1S/C26H22ClN3O/c1-4-17-6-8-18(9-7-17)25-22-15-28-24-12-11-20(31-3)14-21(24)26(22)30(29-25)19-10-5-16(2)23(27)13-19/h5-15H,4H2,1-3H3. The van der Waals surface area contributed by atoms with Crippen LogP contribution in [-0.2, 0) is 6.42 Å². The average Bonchev–Trinajstić information content (AvgIpc) is 3.20. The van der Waals surface area contributed by atoms with Crippen molar-refractivity contribution < 1.29 is 4.74 Å². The van der Waals surface area contributed by atoms with Gasteiger partial charge in [0.15, 0.2) is 0 Å². The highest BCUT2D eigenvalue weighted by Gasteiger charge is 2.18. The number of aromatic nitrogens is 3. The second-order valence-corrected chi connectivity index (χ2v) is 8.06. The molecular weight excluding hydrogens is 406 g/mol. The third-order valence-electron chi connectivity index (χ3n) is 5.75. The maximum Gasteiger partial charge on any atom is 0.119 e. The molecule has 0 fully saturated rings. The average molecular weight is 428 g/mol. The number of rotatable bonds is 4. The number of fused-ring (bicyclic) bond motifs is 3. The number of halogens is 1. The van der Waals surface area contributed by atoms with Crippen molar-refractivity contribution in [3.05, 3.63) is 83.0 Å². The lowest BCUT2D eigenvalue weighted by molar-refractivity contribution is 0.415. The molecule has 3 aromatic carbocycles.